The van der Waals surface area contributed by atoms with Crippen LogP contribution in [0.1, 0.15) is 59.4 Å². The quantitative estimate of drug-likeness (QED) is 0.275. The molecule has 0 bridgehead atoms. The number of nitrogens with zero attached hydrogens (tertiary/aromatic N) is 1. The molecule has 0 atom stereocenters. The summed E-state index contributed by atoms with van der Waals surface area (Å²) in [5.74, 6) is 0.869. The fourth-order valence-electron chi connectivity index (χ4n) is 3.19. The van der Waals surface area contributed by atoms with Gasteiger partial charge < -0.3 is 20.1 Å². The van der Waals surface area contributed by atoms with E-state index in [-0.39, 0.29) is 0 Å². The van der Waals surface area contributed by atoms with Gasteiger partial charge in [-0.25, -0.2) is 4.79 Å². The molecular formula is C24H40N4O3. The van der Waals surface area contributed by atoms with Gasteiger partial charge >= 0.3 is 6.09 Å². The van der Waals surface area contributed by atoms with Crippen LogP contribution in [0.2, 0.25) is 0 Å². The smallest absolute Gasteiger partial charge is 0.412 e. The van der Waals surface area contributed by atoms with Gasteiger partial charge in [0.15, 0.2) is 5.96 Å². The van der Waals surface area contributed by atoms with E-state index in [1.807, 2.05) is 52.0 Å². The summed E-state index contributed by atoms with van der Waals surface area (Å²) in [5.41, 5.74) is 1.74. The van der Waals surface area contributed by atoms with Gasteiger partial charge in [-0.15, -0.1) is 0 Å². The summed E-state index contributed by atoms with van der Waals surface area (Å²) in [6, 6.07) is 7.83. The van der Waals surface area contributed by atoms with Crippen molar-refractivity contribution in [2.24, 2.45) is 10.4 Å². The Hall–Kier alpha value is -2.28. The number of anilines is 1. The minimum Gasteiger partial charge on any atom is -0.444 e. The lowest BCUT2D eigenvalue weighted by Gasteiger charge is -2.19. The number of nitrogens with one attached hydrogen (secondary N) is 3. The van der Waals surface area contributed by atoms with E-state index in [1.165, 1.54) is 18.4 Å². The van der Waals surface area contributed by atoms with Crippen molar-refractivity contribution in [1.29, 1.82) is 0 Å². The molecule has 0 spiro atoms. The first-order valence-electron chi connectivity index (χ1n) is 11.4. The first kappa shape index (κ1) is 25.0. The number of aliphatic imine (C=N–C) groups is 1. The standard InChI is InChI=1S/C24H40N4O3/c1-6-25-21(27-18-24(13-14-24)15-17-30-7-2)26-16-12-19-8-10-20(11-9-19)28-22(29)31-23(3,4)5/h8-11H,6-7,12-18H2,1-5H3,(H,28,29)(H2,25,26,27). The number of carbonyl (C=O) groups excluding carboxylic acids is 1. The maximum Gasteiger partial charge on any atom is 0.412 e. The van der Waals surface area contributed by atoms with Crippen molar-refractivity contribution in [2.45, 2.75) is 65.9 Å². The van der Waals surface area contributed by atoms with Gasteiger partial charge in [-0.2, -0.15) is 0 Å². The molecule has 1 aliphatic rings. The number of carbonyl (C=O) groups is 1. The Morgan fingerprint density at radius 1 is 1.13 bits per heavy atom. The van der Waals surface area contributed by atoms with Crippen LogP contribution in [0.4, 0.5) is 10.5 Å². The molecule has 1 saturated carbocycles. The normalized spacial score (nSPS) is 15.3. The Morgan fingerprint density at radius 3 is 2.42 bits per heavy atom. The van der Waals surface area contributed by atoms with Gasteiger partial charge in [0.2, 0.25) is 0 Å². The van der Waals surface area contributed by atoms with Gasteiger partial charge in [0, 0.05) is 38.5 Å². The Bertz CT molecular complexity index is 707. The molecule has 1 aliphatic carbocycles. The summed E-state index contributed by atoms with van der Waals surface area (Å²) < 4.78 is 10.8. The third kappa shape index (κ3) is 10.0. The summed E-state index contributed by atoms with van der Waals surface area (Å²) in [6.45, 7) is 13.7. The molecule has 1 aromatic carbocycles. The molecule has 31 heavy (non-hydrogen) atoms. The van der Waals surface area contributed by atoms with Crippen molar-refractivity contribution in [3.63, 3.8) is 0 Å². The minimum absolute atomic E-state index is 0.342. The lowest BCUT2D eigenvalue weighted by molar-refractivity contribution is 0.0636. The Kier molecular flexibility index (Phi) is 9.62. The number of amides is 1. The zero-order valence-corrected chi connectivity index (χ0v) is 19.8. The highest BCUT2D eigenvalue weighted by molar-refractivity contribution is 5.84. The number of hydrogen-bond donors (Lipinski definition) is 3. The SMILES string of the molecule is CCNC(=NCC1(CCOCC)CC1)NCCc1ccc(NC(=O)OC(C)(C)C)cc1. The van der Waals surface area contributed by atoms with E-state index in [0.29, 0.717) is 5.41 Å². The fraction of sp³-hybridized carbons (Fsp3) is 0.667. The average Bonchev–Trinajstić information content (AvgIpc) is 3.46. The number of benzene rings is 1. The van der Waals surface area contributed by atoms with Crippen molar-refractivity contribution in [2.75, 3.05) is 38.2 Å². The van der Waals surface area contributed by atoms with Gasteiger partial charge in [0.25, 0.3) is 0 Å². The van der Waals surface area contributed by atoms with Gasteiger partial charge in [-0.3, -0.25) is 10.3 Å². The van der Waals surface area contributed by atoms with Crippen LogP contribution < -0.4 is 16.0 Å². The first-order chi connectivity index (χ1) is 14.8. The summed E-state index contributed by atoms with van der Waals surface area (Å²) in [7, 11) is 0. The fourth-order valence-corrected chi connectivity index (χ4v) is 3.19. The monoisotopic (exact) mass is 432 g/mol. The average molecular weight is 433 g/mol. The van der Waals surface area contributed by atoms with E-state index >= 15 is 0 Å². The zero-order chi connectivity index (χ0) is 22.7. The molecule has 1 fully saturated rings. The molecule has 0 aliphatic heterocycles. The van der Waals surface area contributed by atoms with Crippen LogP contribution >= 0.6 is 0 Å². The summed E-state index contributed by atoms with van der Waals surface area (Å²) in [4.78, 5) is 16.7. The van der Waals surface area contributed by atoms with E-state index in [9.17, 15) is 4.79 Å². The number of hydrogen-bond acceptors (Lipinski definition) is 4. The highest BCUT2D eigenvalue weighted by Gasteiger charge is 2.41. The highest BCUT2D eigenvalue weighted by atomic mass is 16.6. The molecular weight excluding hydrogens is 392 g/mol. The maximum absolute atomic E-state index is 11.9. The van der Waals surface area contributed by atoms with E-state index in [0.717, 1.165) is 57.3 Å². The first-order valence-corrected chi connectivity index (χ1v) is 11.4. The lowest BCUT2D eigenvalue weighted by Crippen LogP contribution is -2.38. The highest BCUT2D eigenvalue weighted by Crippen LogP contribution is 2.49. The summed E-state index contributed by atoms with van der Waals surface area (Å²) in [6.07, 6.45) is 4.00. The molecule has 3 N–H and O–H groups in total. The second-order valence-corrected chi connectivity index (χ2v) is 9.14. The largest absolute Gasteiger partial charge is 0.444 e. The third-order valence-electron chi connectivity index (χ3n) is 5.16. The predicted molar refractivity (Wildman–Crippen MR) is 127 cm³/mol. The van der Waals surface area contributed by atoms with Gasteiger partial charge in [0.05, 0.1) is 0 Å². The number of ether oxygens (including phenoxy) is 2. The maximum atomic E-state index is 11.9. The second-order valence-electron chi connectivity index (χ2n) is 9.14. The molecule has 0 aromatic heterocycles. The van der Waals surface area contributed by atoms with E-state index < -0.39 is 11.7 Å². The van der Waals surface area contributed by atoms with Crippen molar-refractivity contribution >= 4 is 17.7 Å². The van der Waals surface area contributed by atoms with Crippen LogP contribution in [0.15, 0.2) is 29.3 Å². The van der Waals surface area contributed by atoms with Gasteiger partial charge in [0.1, 0.15) is 5.60 Å². The molecule has 0 heterocycles. The van der Waals surface area contributed by atoms with Crippen LogP contribution in [-0.4, -0.2) is 50.5 Å². The predicted octanol–water partition coefficient (Wildman–Crippen LogP) is 4.34. The molecule has 2 rings (SSSR count). The van der Waals surface area contributed by atoms with Crippen LogP contribution in [0.5, 0.6) is 0 Å². The zero-order valence-electron chi connectivity index (χ0n) is 19.8. The summed E-state index contributed by atoms with van der Waals surface area (Å²) in [5, 5.41) is 9.52. The van der Waals surface area contributed by atoms with E-state index in [4.69, 9.17) is 14.5 Å². The van der Waals surface area contributed by atoms with Crippen molar-refractivity contribution in [3.05, 3.63) is 29.8 Å². The van der Waals surface area contributed by atoms with E-state index in [2.05, 4.69) is 22.9 Å². The Balaban J connectivity index is 1.77. The number of rotatable bonds is 11. The molecule has 0 radical (unpaired) electrons. The van der Waals surface area contributed by atoms with Crippen molar-refractivity contribution in [3.8, 4) is 0 Å². The topological polar surface area (TPSA) is 84.0 Å². The molecule has 7 heteroatoms. The molecule has 0 unspecified atom stereocenters. The molecule has 174 valence electrons. The van der Waals surface area contributed by atoms with Gasteiger partial charge in [-0.1, -0.05) is 12.1 Å². The minimum atomic E-state index is -0.510. The third-order valence-corrected chi connectivity index (χ3v) is 5.16. The summed E-state index contributed by atoms with van der Waals surface area (Å²) >= 11 is 0. The van der Waals surface area contributed by atoms with Gasteiger partial charge in [-0.05, 0) is 83.4 Å². The van der Waals surface area contributed by atoms with Crippen LogP contribution in [0.3, 0.4) is 0 Å². The lowest BCUT2D eigenvalue weighted by atomic mass is 10.0. The van der Waals surface area contributed by atoms with Crippen molar-refractivity contribution in [1.82, 2.24) is 10.6 Å². The molecule has 1 aromatic rings. The Morgan fingerprint density at radius 2 is 1.84 bits per heavy atom. The van der Waals surface area contributed by atoms with Crippen LogP contribution in [-0.2, 0) is 15.9 Å². The van der Waals surface area contributed by atoms with Crippen LogP contribution in [0.25, 0.3) is 0 Å². The Labute approximate surface area is 187 Å². The molecule has 7 nitrogen and oxygen atoms in total. The van der Waals surface area contributed by atoms with Crippen LogP contribution in [0, 0.1) is 5.41 Å². The molecule has 0 saturated heterocycles. The molecule has 1 amide bonds. The number of guanidine groups is 1. The van der Waals surface area contributed by atoms with Crippen molar-refractivity contribution < 1.29 is 14.3 Å². The second kappa shape index (κ2) is 11.9. The van der Waals surface area contributed by atoms with E-state index in [1.54, 1.807) is 0 Å².